The van der Waals surface area contributed by atoms with Crippen LogP contribution in [0.25, 0.3) is 11.4 Å². The first-order valence-electron chi connectivity index (χ1n) is 8.49. The van der Waals surface area contributed by atoms with Crippen molar-refractivity contribution in [3.8, 4) is 11.4 Å². The Morgan fingerprint density at radius 3 is 2.21 bits per heavy atom. The van der Waals surface area contributed by atoms with E-state index in [0.717, 1.165) is 17.7 Å². The number of aromatic nitrogens is 2. The number of halogens is 3. The third-order valence-corrected chi connectivity index (χ3v) is 5.14. The van der Waals surface area contributed by atoms with E-state index in [-0.39, 0.29) is 5.78 Å². The van der Waals surface area contributed by atoms with Crippen LogP contribution in [-0.2, 0) is 11.9 Å². The number of aryl methyl sites for hydroxylation is 1. The number of hydrogen-bond acceptors (Lipinski definition) is 4. The molecule has 1 aromatic heterocycles. The lowest BCUT2D eigenvalue weighted by atomic mass is 10.1. The molecule has 0 radical (unpaired) electrons. The van der Waals surface area contributed by atoms with E-state index in [2.05, 4.69) is 9.97 Å². The Balaban J connectivity index is 1.97. The molecule has 0 amide bonds. The van der Waals surface area contributed by atoms with Crippen LogP contribution in [0.1, 0.15) is 34.1 Å². The Hall–Kier alpha value is -2.67. The Morgan fingerprint density at radius 1 is 1.00 bits per heavy atom. The summed E-state index contributed by atoms with van der Waals surface area (Å²) in [6.45, 7) is 3.16. The zero-order valence-electron chi connectivity index (χ0n) is 15.2. The van der Waals surface area contributed by atoms with Gasteiger partial charge in [-0.2, -0.15) is 13.2 Å². The zero-order valence-corrected chi connectivity index (χ0v) is 16.1. The Morgan fingerprint density at radius 2 is 1.64 bits per heavy atom. The molecule has 0 aliphatic carbocycles. The maximum atomic E-state index is 12.8. The number of carbonyl (C=O) groups excluding carboxylic acids is 1. The lowest BCUT2D eigenvalue weighted by molar-refractivity contribution is -0.137. The summed E-state index contributed by atoms with van der Waals surface area (Å²) >= 11 is 1.41. The number of nitrogens with zero attached hydrogens (tertiary/aromatic N) is 2. The van der Waals surface area contributed by atoms with Crippen LogP contribution < -0.4 is 0 Å². The van der Waals surface area contributed by atoms with Crippen molar-refractivity contribution in [1.82, 2.24) is 9.97 Å². The molecule has 28 heavy (non-hydrogen) atoms. The highest BCUT2D eigenvalue weighted by molar-refractivity contribution is 7.98. The number of ketones is 1. The predicted molar refractivity (Wildman–Crippen MR) is 103 cm³/mol. The van der Waals surface area contributed by atoms with Crippen LogP contribution in [0.4, 0.5) is 13.2 Å². The minimum absolute atomic E-state index is 0.146. The molecule has 2 aromatic carbocycles. The molecular formula is C21H17F3N2OS. The molecule has 0 saturated carbocycles. The van der Waals surface area contributed by atoms with E-state index in [1.165, 1.54) is 30.8 Å². The number of rotatable bonds is 5. The van der Waals surface area contributed by atoms with Gasteiger partial charge in [-0.1, -0.05) is 42.5 Å². The molecule has 0 aliphatic heterocycles. The fraction of sp³-hybridized carbons (Fsp3) is 0.190. The highest BCUT2D eigenvalue weighted by atomic mass is 32.2. The summed E-state index contributed by atoms with van der Waals surface area (Å²) in [7, 11) is 0. The lowest BCUT2D eigenvalue weighted by Gasteiger charge is -2.12. The number of benzene rings is 2. The number of Topliss-reactive ketones (excluding diaryl/α,β-unsaturated/α-hetero) is 1. The second-order valence-electron chi connectivity index (χ2n) is 6.22. The summed E-state index contributed by atoms with van der Waals surface area (Å²) in [6, 6.07) is 14.4. The molecule has 3 aromatic rings. The molecule has 0 fully saturated rings. The normalized spacial score (nSPS) is 11.5. The molecule has 1 heterocycles. The molecular weight excluding hydrogens is 385 g/mol. The first kappa shape index (κ1) is 20.1. The molecule has 7 heteroatoms. The average Bonchev–Trinajstić information content (AvgIpc) is 2.66. The van der Waals surface area contributed by atoms with E-state index in [0.29, 0.717) is 33.4 Å². The summed E-state index contributed by atoms with van der Waals surface area (Å²) in [5.74, 6) is 0.767. The van der Waals surface area contributed by atoms with Crippen LogP contribution in [0, 0.1) is 6.92 Å². The zero-order chi connectivity index (χ0) is 20.3. The standard InChI is InChI=1S/C21H17F3N2OS/c1-13-18(14(2)27)20(28-12-15-6-4-3-5-7-15)26-19(25-13)16-8-10-17(11-9-16)21(22,23)24/h3-11H,12H2,1-2H3. The molecule has 144 valence electrons. The number of alkyl halides is 3. The van der Waals surface area contributed by atoms with Gasteiger partial charge in [0.15, 0.2) is 11.6 Å². The van der Waals surface area contributed by atoms with Crippen molar-refractivity contribution in [3.05, 3.63) is 77.0 Å². The number of thioether (sulfide) groups is 1. The molecule has 0 N–H and O–H groups in total. The fourth-order valence-electron chi connectivity index (χ4n) is 2.72. The molecule has 0 unspecified atom stereocenters. The van der Waals surface area contributed by atoms with Gasteiger partial charge in [-0.25, -0.2) is 9.97 Å². The minimum Gasteiger partial charge on any atom is -0.294 e. The van der Waals surface area contributed by atoms with Crippen molar-refractivity contribution in [2.45, 2.75) is 30.8 Å². The number of carbonyl (C=O) groups is 1. The van der Waals surface area contributed by atoms with Crippen molar-refractivity contribution in [1.29, 1.82) is 0 Å². The van der Waals surface area contributed by atoms with Gasteiger partial charge in [0.05, 0.1) is 16.8 Å². The topological polar surface area (TPSA) is 42.9 Å². The van der Waals surface area contributed by atoms with Gasteiger partial charge < -0.3 is 0 Å². The van der Waals surface area contributed by atoms with Crippen molar-refractivity contribution < 1.29 is 18.0 Å². The van der Waals surface area contributed by atoms with Crippen molar-refractivity contribution in [2.75, 3.05) is 0 Å². The molecule has 3 nitrogen and oxygen atoms in total. The molecule has 3 rings (SSSR count). The molecule has 0 atom stereocenters. The maximum absolute atomic E-state index is 12.8. The largest absolute Gasteiger partial charge is 0.416 e. The Labute approximate surface area is 165 Å². The Kier molecular flexibility index (Phi) is 5.84. The SMILES string of the molecule is CC(=O)c1c(C)nc(-c2ccc(C(F)(F)F)cc2)nc1SCc1ccccc1. The van der Waals surface area contributed by atoms with E-state index < -0.39 is 11.7 Å². The van der Waals surface area contributed by atoms with E-state index in [1.54, 1.807) is 6.92 Å². The minimum atomic E-state index is -4.40. The van der Waals surface area contributed by atoms with Gasteiger partial charge in [0, 0.05) is 11.3 Å². The molecule has 0 bridgehead atoms. The van der Waals surface area contributed by atoms with Gasteiger partial charge in [0.2, 0.25) is 0 Å². The fourth-order valence-corrected chi connectivity index (χ4v) is 3.80. The average molecular weight is 402 g/mol. The third-order valence-electron chi connectivity index (χ3n) is 4.10. The van der Waals surface area contributed by atoms with Gasteiger partial charge in [-0.05, 0) is 31.5 Å². The number of hydrogen-bond donors (Lipinski definition) is 0. The first-order chi connectivity index (χ1) is 13.3. The maximum Gasteiger partial charge on any atom is 0.416 e. The highest BCUT2D eigenvalue weighted by Gasteiger charge is 2.30. The molecule has 0 saturated heterocycles. The second kappa shape index (κ2) is 8.14. The van der Waals surface area contributed by atoms with Crippen LogP contribution in [0.2, 0.25) is 0 Å². The smallest absolute Gasteiger partial charge is 0.294 e. The second-order valence-corrected chi connectivity index (χ2v) is 7.18. The summed E-state index contributed by atoms with van der Waals surface area (Å²) in [5, 5.41) is 0.527. The van der Waals surface area contributed by atoms with Crippen LogP contribution in [0.5, 0.6) is 0 Å². The highest BCUT2D eigenvalue weighted by Crippen LogP contribution is 2.32. The monoisotopic (exact) mass is 402 g/mol. The summed E-state index contributed by atoms with van der Waals surface area (Å²) in [6.07, 6.45) is -4.40. The van der Waals surface area contributed by atoms with E-state index in [1.807, 2.05) is 30.3 Å². The lowest BCUT2D eigenvalue weighted by Crippen LogP contribution is -2.07. The van der Waals surface area contributed by atoms with Gasteiger partial charge >= 0.3 is 6.18 Å². The van der Waals surface area contributed by atoms with Gasteiger partial charge in [-0.15, -0.1) is 11.8 Å². The van der Waals surface area contributed by atoms with Gasteiger partial charge in [0.1, 0.15) is 5.03 Å². The van der Waals surface area contributed by atoms with E-state index in [4.69, 9.17) is 0 Å². The summed E-state index contributed by atoms with van der Waals surface area (Å²) < 4.78 is 38.3. The van der Waals surface area contributed by atoms with Crippen LogP contribution >= 0.6 is 11.8 Å². The van der Waals surface area contributed by atoms with E-state index >= 15 is 0 Å². The predicted octanol–water partition coefficient (Wildman–Crippen LogP) is 5.97. The van der Waals surface area contributed by atoms with Crippen LogP contribution in [0.3, 0.4) is 0 Å². The van der Waals surface area contributed by atoms with Crippen molar-refractivity contribution in [3.63, 3.8) is 0 Å². The Bertz CT molecular complexity index is 987. The third kappa shape index (κ3) is 4.59. The summed E-state index contributed by atoms with van der Waals surface area (Å²) in [5.41, 5.74) is 1.76. The van der Waals surface area contributed by atoms with E-state index in [9.17, 15) is 18.0 Å². The first-order valence-corrected chi connectivity index (χ1v) is 9.48. The quantitative estimate of drug-likeness (QED) is 0.300. The molecule has 0 spiro atoms. The van der Waals surface area contributed by atoms with Crippen LogP contribution in [-0.4, -0.2) is 15.8 Å². The van der Waals surface area contributed by atoms with Gasteiger partial charge in [-0.3, -0.25) is 4.79 Å². The van der Waals surface area contributed by atoms with Crippen molar-refractivity contribution in [2.24, 2.45) is 0 Å². The van der Waals surface area contributed by atoms with Crippen LogP contribution in [0.15, 0.2) is 59.6 Å². The molecule has 0 aliphatic rings. The summed E-state index contributed by atoms with van der Waals surface area (Å²) in [4.78, 5) is 20.9. The van der Waals surface area contributed by atoms with Gasteiger partial charge in [0.25, 0.3) is 0 Å². The van der Waals surface area contributed by atoms with Crippen molar-refractivity contribution >= 4 is 17.5 Å².